The van der Waals surface area contributed by atoms with E-state index in [1.165, 1.54) is 16.8 Å². The summed E-state index contributed by atoms with van der Waals surface area (Å²) in [6, 6.07) is 10.7. The quantitative estimate of drug-likeness (QED) is 0.783. The van der Waals surface area contributed by atoms with Crippen molar-refractivity contribution < 1.29 is 5.11 Å². The van der Waals surface area contributed by atoms with E-state index in [2.05, 4.69) is 52.4 Å². The van der Waals surface area contributed by atoms with Crippen LogP contribution >= 0.6 is 0 Å². The molecule has 0 saturated carbocycles. The van der Waals surface area contributed by atoms with Gasteiger partial charge in [-0.25, -0.2) is 4.68 Å². The predicted molar refractivity (Wildman–Crippen MR) is 100.0 cm³/mol. The van der Waals surface area contributed by atoms with E-state index < -0.39 is 0 Å². The minimum atomic E-state index is 0.00439. The molecule has 26 heavy (non-hydrogen) atoms. The van der Waals surface area contributed by atoms with Gasteiger partial charge in [0.05, 0.1) is 23.7 Å². The highest BCUT2D eigenvalue weighted by Gasteiger charge is 2.23. The Labute approximate surface area is 153 Å². The number of hydrogen-bond donors (Lipinski definition) is 1. The molecular formula is C20H25N5O. The number of rotatable bonds is 4. The third-order valence-electron chi connectivity index (χ3n) is 5.13. The number of benzene rings is 1. The number of aliphatic hydroxyl groups excluding tert-OH is 1. The Kier molecular flexibility index (Phi) is 4.38. The first-order valence-electron chi connectivity index (χ1n) is 9.04. The van der Waals surface area contributed by atoms with Gasteiger partial charge in [0.15, 0.2) is 0 Å². The van der Waals surface area contributed by atoms with Crippen LogP contribution in [0.4, 0.5) is 0 Å². The van der Waals surface area contributed by atoms with Gasteiger partial charge in [-0.1, -0.05) is 12.1 Å². The molecule has 0 saturated heterocycles. The van der Waals surface area contributed by atoms with Crippen LogP contribution in [0, 0.1) is 13.8 Å². The zero-order valence-corrected chi connectivity index (χ0v) is 15.6. The maximum absolute atomic E-state index is 9.57. The number of nitrogens with zero attached hydrogens (tertiary/aromatic N) is 5. The summed E-state index contributed by atoms with van der Waals surface area (Å²) >= 11 is 0. The van der Waals surface area contributed by atoms with Crippen LogP contribution in [0.3, 0.4) is 0 Å². The van der Waals surface area contributed by atoms with Gasteiger partial charge in [-0.2, -0.15) is 10.2 Å². The molecule has 0 spiro atoms. The van der Waals surface area contributed by atoms with E-state index >= 15 is 0 Å². The molecule has 3 heterocycles. The first-order valence-corrected chi connectivity index (χ1v) is 9.04. The van der Waals surface area contributed by atoms with Crippen molar-refractivity contribution in [1.29, 1.82) is 0 Å². The second-order valence-corrected chi connectivity index (χ2v) is 7.12. The van der Waals surface area contributed by atoms with Gasteiger partial charge >= 0.3 is 0 Å². The summed E-state index contributed by atoms with van der Waals surface area (Å²) in [4.78, 5) is 2.42. The molecule has 2 aromatic heterocycles. The molecule has 1 N–H and O–H groups in total. The van der Waals surface area contributed by atoms with E-state index in [1.807, 2.05) is 23.3 Å². The standard InChI is InChI=1S/C20H25N5O/c1-14-9-15(2)25(21-14)17-6-4-5-16(10-17)11-24-8-7-20-18(12-24)19(13-26)22-23(20)3/h4-6,9-10,26H,7-8,11-13H2,1-3H3. The average molecular weight is 351 g/mol. The Morgan fingerprint density at radius 3 is 2.73 bits per heavy atom. The van der Waals surface area contributed by atoms with Crippen molar-refractivity contribution in [2.45, 2.75) is 40.0 Å². The summed E-state index contributed by atoms with van der Waals surface area (Å²) < 4.78 is 3.92. The molecule has 0 atom stereocenters. The summed E-state index contributed by atoms with van der Waals surface area (Å²) in [5, 5.41) is 18.6. The Morgan fingerprint density at radius 1 is 1.15 bits per heavy atom. The molecular weight excluding hydrogens is 326 g/mol. The molecule has 3 aromatic rings. The largest absolute Gasteiger partial charge is 0.390 e. The lowest BCUT2D eigenvalue weighted by Gasteiger charge is -2.27. The van der Waals surface area contributed by atoms with Crippen LogP contribution in [0.15, 0.2) is 30.3 Å². The molecule has 4 rings (SSSR count). The molecule has 0 bridgehead atoms. The van der Waals surface area contributed by atoms with Crippen molar-refractivity contribution in [3.63, 3.8) is 0 Å². The van der Waals surface area contributed by atoms with Gasteiger partial charge in [0, 0.05) is 50.1 Å². The first kappa shape index (κ1) is 17.0. The highest BCUT2D eigenvalue weighted by atomic mass is 16.3. The second-order valence-electron chi connectivity index (χ2n) is 7.12. The molecule has 1 aliphatic heterocycles. The number of hydrogen-bond acceptors (Lipinski definition) is 4. The van der Waals surface area contributed by atoms with Crippen molar-refractivity contribution in [2.24, 2.45) is 7.05 Å². The van der Waals surface area contributed by atoms with Gasteiger partial charge < -0.3 is 5.11 Å². The normalized spacial score (nSPS) is 14.6. The van der Waals surface area contributed by atoms with Gasteiger partial charge in [0.25, 0.3) is 0 Å². The fourth-order valence-electron chi connectivity index (χ4n) is 3.92. The van der Waals surface area contributed by atoms with Crippen molar-refractivity contribution in [3.05, 3.63) is 64.2 Å². The van der Waals surface area contributed by atoms with Crippen molar-refractivity contribution in [3.8, 4) is 5.69 Å². The van der Waals surface area contributed by atoms with Crippen LogP contribution in [0.2, 0.25) is 0 Å². The van der Waals surface area contributed by atoms with Crippen LogP contribution < -0.4 is 0 Å². The molecule has 0 unspecified atom stereocenters. The SMILES string of the molecule is Cc1cc(C)n(-c2cccc(CN3CCc4c(c(CO)nn4C)C3)c2)n1. The van der Waals surface area contributed by atoms with E-state index in [9.17, 15) is 5.11 Å². The lowest BCUT2D eigenvalue weighted by Crippen LogP contribution is -2.30. The third kappa shape index (κ3) is 3.06. The lowest BCUT2D eigenvalue weighted by atomic mass is 10.0. The van der Waals surface area contributed by atoms with Crippen LogP contribution in [0.5, 0.6) is 0 Å². The second kappa shape index (κ2) is 6.70. The Balaban J connectivity index is 1.55. The number of aryl methyl sites for hydroxylation is 3. The average Bonchev–Trinajstić information content (AvgIpc) is 3.13. The zero-order valence-electron chi connectivity index (χ0n) is 15.6. The smallest absolute Gasteiger partial charge is 0.0926 e. The van der Waals surface area contributed by atoms with Gasteiger partial charge in [-0.05, 0) is 37.6 Å². The Bertz CT molecular complexity index is 940. The summed E-state index contributed by atoms with van der Waals surface area (Å²) in [5.74, 6) is 0. The molecule has 136 valence electrons. The molecule has 6 heteroatoms. The van der Waals surface area contributed by atoms with Crippen LogP contribution in [-0.2, 0) is 33.2 Å². The fourth-order valence-corrected chi connectivity index (χ4v) is 3.92. The molecule has 1 aliphatic rings. The predicted octanol–water partition coefficient (Wildman–Crippen LogP) is 2.27. The Hall–Kier alpha value is -2.44. The highest BCUT2D eigenvalue weighted by Crippen LogP contribution is 2.24. The number of aromatic nitrogens is 4. The third-order valence-corrected chi connectivity index (χ3v) is 5.13. The van der Waals surface area contributed by atoms with Crippen molar-refractivity contribution in [2.75, 3.05) is 6.54 Å². The van der Waals surface area contributed by atoms with Crippen molar-refractivity contribution >= 4 is 0 Å². The van der Waals surface area contributed by atoms with Crippen LogP contribution in [0.1, 0.15) is 33.9 Å². The minimum absolute atomic E-state index is 0.00439. The summed E-state index contributed by atoms with van der Waals surface area (Å²) in [6.45, 7) is 6.82. The summed E-state index contributed by atoms with van der Waals surface area (Å²) in [5.41, 5.74) is 7.80. The maximum Gasteiger partial charge on any atom is 0.0926 e. The van der Waals surface area contributed by atoms with E-state index in [0.717, 1.165) is 48.8 Å². The molecule has 0 fully saturated rings. The molecule has 0 aliphatic carbocycles. The number of aliphatic hydroxyl groups is 1. The minimum Gasteiger partial charge on any atom is -0.390 e. The molecule has 6 nitrogen and oxygen atoms in total. The van der Waals surface area contributed by atoms with Gasteiger partial charge in [-0.15, -0.1) is 0 Å². The van der Waals surface area contributed by atoms with E-state index in [0.29, 0.717) is 0 Å². The van der Waals surface area contributed by atoms with Crippen LogP contribution in [-0.4, -0.2) is 36.1 Å². The fraction of sp³-hybridized carbons (Fsp3) is 0.400. The summed E-state index contributed by atoms with van der Waals surface area (Å²) in [7, 11) is 1.96. The zero-order chi connectivity index (χ0) is 18.3. The lowest BCUT2D eigenvalue weighted by molar-refractivity contribution is 0.236. The molecule has 0 radical (unpaired) electrons. The van der Waals surface area contributed by atoms with Crippen LogP contribution in [0.25, 0.3) is 5.69 Å². The highest BCUT2D eigenvalue weighted by molar-refractivity contribution is 5.37. The van der Waals surface area contributed by atoms with Crippen molar-refractivity contribution in [1.82, 2.24) is 24.5 Å². The first-order chi connectivity index (χ1) is 12.5. The number of fused-ring (bicyclic) bond motifs is 1. The van der Waals surface area contributed by atoms with E-state index in [4.69, 9.17) is 0 Å². The van der Waals surface area contributed by atoms with Gasteiger partial charge in [0.2, 0.25) is 0 Å². The van der Waals surface area contributed by atoms with E-state index in [-0.39, 0.29) is 6.61 Å². The van der Waals surface area contributed by atoms with E-state index in [1.54, 1.807) is 0 Å². The molecule has 0 amide bonds. The monoisotopic (exact) mass is 351 g/mol. The molecule has 1 aromatic carbocycles. The topological polar surface area (TPSA) is 59.1 Å². The van der Waals surface area contributed by atoms with Gasteiger partial charge in [0.1, 0.15) is 0 Å². The Morgan fingerprint density at radius 2 is 2.00 bits per heavy atom. The summed E-state index contributed by atoms with van der Waals surface area (Å²) in [6.07, 6.45) is 0.968. The van der Waals surface area contributed by atoms with Gasteiger partial charge in [-0.3, -0.25) is 9.58 Å². The maximum atomic E-state index is 9.57.